The van der Waals surface area contributed by atoms with E-state index in [-0.39, 0.29) is 41.5 Å². The summed E-state index contributed by atoms with van der Waals surface area (Å²) < 4.78 is 60.5. The van der Waals surface area contributed by atoms with Gasteiger partial charge in [-0.2, -0.15) is 18.3 Å². The summed E-state index contributed by atoms with van der Waals surface area (Å²) in [5, 5.41) is 19.1. The maximum absolute atomic E-state index is 14.8. The van der Waals surface area contributed by atoms with Crippen LogP contribution in [0.25, 0.3) is 11.3 Å². The Bertz CT molecular complexity index is 2440. The van der Waals surface area contributed by atoms with Crippen LogP contribution in [0, 0.1) is 23.6 Å². The molecule has 0 spiro atoms. The van der Waals surface area contributed by atoms with E-state index in [1.54, 1.807) is 19.9 Å². The molecule has 4 saturated heterocycles. The quantitative estimate of drug-likeness (QED) is 0.0607. The van der Waals surface area contributed by atoms with Crippen molar-refractivity contribution in [2.75, 3.05) is 56.5 Å². The van der Waals surface area contributed by atoms with E-state index in [0.717, 1.165) is 82.4 Å². The van der Waals surface area contributed by atoms with E-state index in [1.807, 2.05) is 0 Å². The van der Waals surface area contributed by atoms with Gasteiger partial charge in [0.05, 0.1) is 35.6 Å². The number of aromatic nitrogens is 4. The number of alkyl halides is 3. The summed E-state index contributed by atoms with van der Waals surface area (Å²) in [4.78, 5) is 51.8. The fourth-order valence-corrected chi connectivity index (χ4v) is 11.5. The first-order valence-electron chi connectivity index (χ1n) is 25.3. The van der Waals surface area contributed by atoms with Crippen LogP contribution >= 0.6 is 11.9 Å². The summed E-state index contributed by atoms with van der Waals surface area (Å²) in [6, 6.07) is 13.3. The van der Waals surface area contributed by atoms with E-state index in [9.17, 15) is 37.1 Å². The molecule has 9 rings (SSSR count). The molecule has 1 unspecified atom stereocenters. The molecule has 5 aliphatic rings. The Hall–Kier alpha value is -5.11. The lowest BCUT2D eigenvalue weighted by molar-refractivity contribution is -0.138. The molecule has 71 heavy (non-hydrogen) atoms. The zero-order valence-electron chi connectivity index (χ0n) is 41.0. The molecule has 4 aliphatic heterocycles. The smallest absolute Gasteiger partial charge is 0.389 e. The summed E-state index contributed by atoms with van der Waals surface area (Å²) >= 11 is 1.35. The number of hydrogen-bond donors (Lipinski definition) is 4. The molecule has 14 nitrogen and oxygen atoms in total. The van der Waals surface area contributed by atoms with Crippen molar-refractivity contribution in [3.8, 4) is 11.3 Å². The Labute approximate surface area is 418 Å². The van der Waals surface area contributed by atoms with Crippen LogP contribution in [0.2, 0.25) is 0 Å². The van der Waals surface area contributed by atoms with Crippen LogP contribution in [-0.4, -0.2) is 110 Å². The second kappa shape index (κ2) is 23.2. The maximum atomic E-state index is 14.8. The molecular weight excluding hydrogens is 937 g/mol. The summed E-state index contributed by atoms with van der Waals surface area (Å²) in [5.74, 6) is 0.939. The number of carbonyl (C=O) groups excluding carboxylic acids is 3. The number of piperidine rings is 4. The number of carbonyl (C=O) groups is 3. The van der Waals surface area contributed by atoms with E-state index >= 15 is 0 Å². The fraction of sp³-hybridized carbons (Fsp3) is 0.577. The molecule has 5 fully saturated rings. The predicted molar refractivity (Wildman–Crippen MR) is 266 cm³/mol. The lowest BCUT2D eigenvalue weighted by atomic mass is 9.78. The number of nitrogens with zero attached hydrogens (tertiary/aromatic N) is 7. The number of likely N-dealkylation sites (tertiary alicyclic amines) is 2. The summed E-state index contributed by atoms with van der Waals surface area (Å²) in [5.41, 5.74) is -0.212. The van der Waals surface area contributed by atoms with Gasteiger partial charge in [0.15, 0.2) is 0 Å². The Balaban J connectivity index is 0.000000191. The third-order valence-electron chi connectivity index (χ3n) is 14.7. The van der Waals surface area contributed by atoms with E-state index in [1.165, 1.54) is 91.8 Å². The highest BCUT2D eigenvalue weighted by Gasteiger charge is 2.37. The molecule has 1 saturated carbocycles. The Morgan fingerprint density at radius 1 is 0.859 bits per heavy atom. The minimum atomic E-state index is -4.71. The van der Waals surface area contributed by atoms with Crippen molar-refractivity contribution in [1.82, 2.24) is 39.6 Å². The van der Waals surface area contributed by atoms with Gasteiger partial charge in [-0.05, 0) is 151 Å². The molecule has 384 valence electrons. The van der Waals surface area contributed by atoms with Crippen molar-refractivity contribution in [2.24, 2.45) is 17.8 Å². The largest absolute Gasteiger partial charge is 0.419 e. The third-order valence-corrected chi connectivity index (χ3v) is 15.7. The topological polar surface area (TPSA) is 161 Å². The van der Waals surface area contributed by atoms with Gasteiger partial charge < -0.3 is 25.1 Å². The Morgan fingerprint density at radius 3 is 2.17 bits per heavy atom. The van der Waals surface area contributed by atoms with E-state index in [4.69, 9.17) is 0 Å². The highest BCUT2D eigenvalue weighted by Crippen LogP contribution is 2.38. The second-order valence-corrected chi connectivity index (χ2v) is 21.6. The lowest BCUT2D eigenvalue weighted by Gasteiger charge is -2.41. The number of anilines is 3. The number of hydrogen-bond acceptors (Lipinski definition) is 12. The maximum Gasteiger partial charge on any atom is 0.419 e. The van der Waals surface area contributed by atoms with Crippen LogP contribution in [0.3, 0.4) is 0 Å². The zero-order chi connectivity index (χ0) is 50.3. The van der Waals surface area contributed by atoms with Crippen molar-refractivity contribution in [2.45, 2.75) is 132 Å². The van der Waals surface area contributed by atoms with E-state index in [2.05, 4.69) is 76.4 Å². The lowest BCUT2D eigenvalue weighted by Crippen LogP contribution is -2.45. The monoisotopic (exact) mass is 1000 g/mol. The average molecular weight is 1010 g/mol. The third kappa shape index (κ3) is 14.1. The minimum absolute atomic E-state index is 0.0343. The first-order valence-corrected chi connectivity index (χ1v) is 26.1. The van der Waals surface area contributed by atoms with E-state index in [0.29, 0.717) is 41.8 Å². The van der Waals surface area contributed by atoms with E-state index < -0.39 is 28.9 Å². The highest BCUT2D eigenvalue weighted by atomic mass is 32.2. The van der Waals surface area contributed by atoms with Crippen LogP contribution in [-0.2, 0) is 27.1 Å². The van der Waals surface area contributed by atoms with Crippen molar-refractivity contribution in [3.63, 3.8) is 0 Å². The molecular formula is C52H68F4N10O4S. The van der Waals surface area contributed by atoms with Gasteiger partial charge in [-0.15, -0.1) is 0 Å². The summed E-state index contributed by atoms with van der Waals surface area (Å²) in [7, 11) is 2.08. The van der Waals surface area contributed by atoms with Gasteiger partial charge in [-0.1, -0.05) is 31.4 Å². The van der Waals surface area contributed by atoms with Gasteiger partial charge in [0, 0.05) is 73.1 Å². The number of amides is 3. The zero-order valence-corrected chi connectivity index (χ0v) is 41.8. The number of benzene rings is 2. The van der Waals surface area contributed by atoms with Crippen LogP contribution in [0.5, 0.6) is 0 Å². The fourth-order valence-electron chi connectivity index (χ4n) is 10.7. The molecule has 4 aromatic rings. The van der Waals surface area contributed by atoms with Gasteiger partial charge in [0.25, 0.3) is 0 Å². The van der Waals surface area contributed by atoms with Crippen molar-refractivity contribution >= 4 is 47.0 Å². The molecule has 6 heterocycles. The summed E-state index contributed by atoms with van der Waals surface area (Å²) in [6.45, 7) is 9.27. The van der Waals surface area contributed by atoms with Gasteiger partial charge in [0.1, 0.15) is 11.4 Å². The molecule has 19 heteroatoms. The minimum Gasteiger partial charge on any atom is -0.389 e. The number of rotatable bonds is 12. The molecule has 2 aromatic heterocycles. The standard InChI is InChI=1S/C28H39N3O3.C24H29F4N7OS/c32-26-11-10-25(27(33)29-26)22-6-8-24(9-7-22)30-16-12-20(13-17-30)21-14-18-31(19-15-21)28(34)23-4-2-1-3-5-23;1-23(2,36)14-35-13-15(11-30-35)21-18(24(26,27)28)12-29-22(32-21)31-20-5-4-17(10-19(20)25)37-33-16-6-8-34(3)9-7-16/h6-9,20-21,23,25H,1-5,10-19H2,(H,29,32,33);4-5,10-13,16,33,36H,6-9,14H2,1-3H3,(H,29,31,32). The molecule has 0 bridgehead atoms. The SMILES string of the molecule is CN1CCC(NSc2ccc(Nc3ncc(C(F)(F)F)c(-c4cnn(CC(C)(C)O)c4)n3)c(F)c2)CC1.O=C1CCC(c2ccc(N3CCC(C4CCN(C(=O)C5CCCCC5)CC4)CC3)cc2)C(=O)N1. The highest BCUT2D eigenvalue weighted by molar-refractivity contribution is 7.97. The van der Waals surface area contributed by atoms with Gasteiger partial charge in [-0.3, -0.25) is 29.1 Å². The number of aliphatic hydroxyl groups is 1. The second-order valence-electron chi connectivity index (χ2n) is 20.7. The van der Waals surface area contributed by atoms with Crippen LogP contribution in [0.15, 0.2) is 66.0 Å². The molecule has 1 aliphatic carbocycles. The number of halogens is 4. The van der Waals surface area contributed by atoms with Crippen LogP contribution < -0.4 is 20.3 Å². The predicted octanol–water partition coefficient (Wildman–Crippen LogP) is 8.95. The van der Waals surface area contributed by atoms with Crippen LogP contribution in [0.1, 0.15) is 114 Å². The van der Waals surface area contributed by atoms with Gasteiger partial charge in [-0.25, -0.2) is 14.4 Å². The molecule has 4 N–H and O–H groups in total. The van der Waals surface area contributed by atoms with Gasteiger partial charge >= 0.3 is 6.18 Å². The number of imide groups is 1. The molecule has 3 amide bonds. The number of nitrogens with one attached hydrogen (secondary N) is 3. The Kier molecular flexibility index (Phi) is 17.1. The van der Waals surface area contributed by atoms with Crippen molar-refractivity contribution in [3.05, 3.63) is 78.0 Å². The van der Waals surface area contributed by atoms with Crippen LogP contribution in [0.4, 0.5) is 34.9 Å². The van der Waals surface area contributed by atoms with Crippen molar-refractivity contribution < 1.29 is 37.1 Å². The normalized spacial score (nSPS) is 20.6. The molecule has 2 aromatic carbocycles. The average Bonchev–Trinajstić information content (AvgIpc) is 3.82. The first kappa shape index (κ1) is 52.2. The van der Waals surface area contributed by atoms with Gasteiger partial charge in [0.2, 0.25) is 23.7 Å². The van der Waals surface area contributed by atoms with Crippen molar-refractivity contribution in [1.29, 1.82) is 0 Å². The molecule has 1 atom stereocenters. The molecule has 0 radical (unpaired) electrons. The Morgan fingerprint density at radius 2 is 1.54 bits per heavy atom. The first-order chi connectivity index (χ1) is 34.0. The summed E-state index contributed by atoms with van der Waals surface area (Å²) in [6.07, 6.45) is 12.3.